The molecule has 0 aliphatic heterocycles. The number of nitrogens with zero attached hydrogens (tertiary/aromatic N) is 1. The average Bonchev–Trinajstić information content (AvgIpc) is 2.74. The first-order valence-corrected chi connectivity index (χ1v) is 7.23. The summed E-state index contributed by atoms with van der Waals surface area (Å²) < 4.78 is 15.8. The van der Waals surface area contributed by atoms with Gasteiger partial charge in [0.15, 0.2) is 0 Å². The van der Waals surface area contributed by atoms with Crippen LogP contribution in [-0.2, 0) is 6.54 Å². The number of hydrogen-bond acceptors (Lipinski definition) is 1. The molecule has 20 heavy (non-hydrogen) atoms. The van der Waals surface area contributed by atoms with Crippen LogP contribution in [0.1, 0.15) is 29.4 Å². The standard InChI is InChI=1S/C15H16BrFN2O/c1-3-6-19-9-11(16)8-14(19)15(20)18-13-5-4-12(17)7-10(13)2/h4-5,7-9H,3,6H2,1-2H3,(H,18,20). The van der Waals surface area contributed by atoms with Gasteiger partial charge in [0.05, 0.1) is 0 Å². The highest BCUT2D eigenvalue weighted by atomic mass is 79.9. The molecule has 1 amide bonds. The van der Waals surface area contributed by atoms with Crippen LogP contribution >= 0.6 is 15.9 Å². The van der Waals surface area contributed by atoms with Gasteiger partial charge < -0.3 is 9.88 Å². The van der Waals surface area contributed by atoms with E-state index in [1.807, 2.05) is 10.8 Å². The number of carbonyl (C=O) groups excluding carboxylic acids is 1. The lowest BCUT2D eigenvalue weighted by atomic mass is 10.2. The lowest BCUT2D eigenvalue weighted by Crippen LogP contribution is -2.17. The number of aryl methyl sites for hydroxylation is 2. The minimum absolute atomic E-state index is 0.196. The smallest absolute Gasteiger partial charge is 0.272 e. The molecule has 2 aromatic rings. The first-order valence-electron chi connectivity index (χ1n) is 6.44. The van der Waals surface area contributed by atoms with Crippen molar-refractivity contribution in [1.82, 2.24) is 4.57 Å². The minimum Gasteiger partial charge on any atom is -0.342 e. The average molecular weight is 339 g/mol. The number of aromatic nitrogens is 1. The summed E-state index contributed by atoms with van der Waals surface area (Å²) in [5.41, 5.74) is 1.91. The van der Waals surface area contributed by atoms with Gasteiger partial charge in [-0.2, -0.15) is 0 Å². The van der Waals surface area contributed by atoms with E-state index in [9.17, 15) is 9.18 Å². The highest BCUT2D eigenvalue weighted by Crippen LogP contribution is 2.20. The SMILES string of the molecule is CCCn1cc(Br)cc1C(=O)Nc1ccc(F)cc1C. The van der Waals surface area contributed by atoms with E-state index in [2.05, 4.69) is 28.2 Å². The third kappa shape index (κ3) is 3.28. The molecule has 1 N–H and O–H groups in total. The van der Waals surface area contributed by atoms with Crippen molar-refractivity contribution in [2.24, 2.45) is 0 Å². The molecule has 0 saturated heterocycles. The number of benzene rings is 1. The minimum atomic E-state index is -0.308. The first-order chi connectivity index (χ1) is 9.51. The van der Waals surface area contributed by atoms with Crippen LogP contribution in [0.5, 0.6) is 0 Å². The van der Waals surface area contributed by atoms with E-state index in [1.165, 1.54) is 12.1 Å². The molecule has 106 valence electrons. The monoisotopic (exact) mass is 338 g/mol. The zero-order valence-electron chi connectivity index (χ0n) is 11.4. The van der Waals surface area contributed by atoms with Gasteiger partial charge in [0, 0.05) is 22.9 Å². The van der Waals surface area contributed by atoms with Gasteiger partial charge >= 0.3 is 0 Å². The molecule has 0 spiro atoms. The van der Waals surface area contributed by atoms with Crippen LogP contribution in [0, 0.1) is 12.7 Å². The Balaban J connectivity index is 2.23. The number of halogens is 2. The van der Waals surface area contributed by atoms with Gasteiger partial charge in [0.1, 0.15) is 11.5 Å². The van der Waals surface area contributed by atoms with Crippen LogP contribution in [0.25, 0.3) is 0 Å². The Kier molecular flexibility index (Phi) is 4.60. The number of amides is 1. The van der Waals surface area contributed by atoms with E-state index >= 15 is 0 Å². The Hall–Kier alpha value is -1.62. The molecular weight excluding hydrogens is 323 g/mol. The second-order valence-electron chi connectivity index (χ2n) is 4.65. The summed E-state index contributed by atoms with van der Waals surface area (Å²) in [5.74, 6) is -0.503. The van der Waals surface area contributed by atoms with Crippen LogP contribution in [0.2, 0.25) is 0 Å². The molecule has 0 radical (unpaired) electrons. The fourth-order valence-electron chi connectivity index (χ4n) is 2.04. The van der Waals surface area contributed by atoms with Gasteiger partial charge in [-0.1, -0.05) is 6.92 Å². The van der Waals surface area contributed by atoms with E-state index in [0.717, 1.165) is 17.4 Å². The van der Waals surface area contributed by atoms with E-state index in [1.54, 1.807) is 19.1 Å². The highest BCUT2D eigenvalue weighted by molar-refractivity contribution is 9.10. The van der Waals surface area contributed by atoms with E-state index < -0.39 is 0 Å². The van der Waals surface area contributed by atoms with Crippen molar-refractivity contribution in [2.75, 3.05) is 5.32 Å². The molecule has 0 aliphatic rings. The first kappa shape index (κ1) is 14.8. The lowest BCUT2D eigenvalue weighted by molar-refractivity contribution is 0.101. The maximum absolute atomic E-state index is 13.1. The molecule has 0 unspecified atom stereocenters. The number of rotatable bonds is 4. The second-order valence-corrected chi connectivity index (χ2v) is 5.57. The second kappa shape index (κ2) is 6.22. The van der Waals surface area contributed by atoms with Gasteiger partial charge in [-0.05, 0) is 59.1 Å². The number of anilines is 1. The largest absolute Gasteiger partial charge is 0.342 e. The van der Waals surface area contributed by atoms with Crippen molar-refractivity contribution in [3.05, 3.63) is 52.0 Å². The predicted octanol–water partition coefficient (Wildman–Crippen LogP) is 4.36. The van der Waals surface area contributed by atoms with E-state index in [0.29, 0.717) is 16.9 Å². The van der Waals surface area contributed by atoms with Gasteiger partial charge in [0.25, 0.3) is 5.91 Å². The summed E-state index contributed by atoms with van der Waals surface area (Å²) in [6.07, 6.45) is 2.83. The van der Waals surface area contributed by atoms with Crippen molar-refractivity contribution in [2.45, 2.75) is 26.8 Å². The Morgan fingerprint density at radius 3 is 2.80 bits per heavy atom. The normalized spacial score (nSPS) is 10.6. The summed E-state index contributed by atoms with van der Waals surface area (Å²) in [6, 6.07) is 6.09. The summed E-state index contributed by atoms with van der Waals surface area (Å²) in [7, 11) is 0. The Morgan fingerprint density at radius 1 is 1.40 bits per heavy atom. The van der Waals surface area contributed by atoms with Crippen molar-refractivity contribution in [1.29, 1.82) is 0 Å². The zero-order valence-corrected chi connectivity index (χ0v) is 13.0. The molecule has 1 heterocycles. The number of hydrogen-bond donors (Lipinski definition) is 1. The van der Waals surface area contributed by atoms with Crippen LogP contribution in [0.15, 0.2) is 34.9 Å². The van der Waals surface area contributed by atoms with Gasteiger partial charge in [0.2, 0.25) is 0 Å². The Morgan fingerprint density at radius 2 is 2.15 bits per heavy atom. The van der Waals surface area contributed by atoms with Gasteiger partial charge in [-0.25, -0.2) is 4.39 Å². The molecule has 0 fully saturated rings. The maximum atomic E-state index is 13.1. The fraction of sp³-hybridized carbons (Fsp3) is 0.267. The summed E-state index contributed by atoms with van der Waals surface area (Å²) in [6.45, 7) is 4.59. The highest BCUT2D eigenvalue weighted by Gasteiger charge is 2.14. The molecule has 2 rings (SSSR count). The quantitative estimate of drug-likeness (QED) is 0.882. The molecule has 0 aliphatic carbocycles. The van der Waals surface area contributed by atoms with Crippen LogP contribution in [0.3, 0.4) is 0 Å². The molecular formula is C15H16BrFN2O. The van der Waals surface area contributed by atoms with Crippen molar-refractivity contribution in [3.8, 4) is 0 Å². The van der Waals surface area contributed by atoms with Gasteiger partial charge in [-0.15, -0.1) is 0 Å². The number of carbonyl (C=O) groups is 1. The molecule has 0 bridgehead atoms. The topological polar surface area (TPSA) is 34.0 Å². The van der Waals surface area contributed by atoms with Crippen molar-refractivity contribution >= 4 is 27.5 Å². The summed E-state index contributed by atoms with van der Waals surface area (Å²) >= 11 is 3.38. The lowest BCUT2D eigenvalue weighted by Gasteiger charge is -2.10. The van der Waals surface area contributed by atoms with E-state index in [4.69, 9.17) is 0 Å². The zero-order chi connectivity index (χ0) is 14.7. The molecule has 1 aromatic heterocycles. The molecule has 1 aromatic carbocycles. The van der Waals surface area contributed by atoms with Crippen LogP contribution < -0.4 is 5.32 Å². The van der Waals surface area contributed by atoms with Crippen molar-refractivity contribution in [3.63, 3.8) is 0 Å². The van der Waals surface area contributed by atoms with Gasteiger partial charge in [-0.3, -0.25) is 4.79 Å². The fourth-order valence-corrected chi connectivity index (χ4v) is 2.51. The molecule has 0 saturated carbocycles. The van der Waals surface area contributed by atoms with E-state index in [-0.39, 0.29) is 11.7 Å². The van der Waals surface area contributed by atoms with Crippen LogP contribution in [0.4, 0.5) is 10.1 Å². The summed E-state index contributed by atoms with van der Waals surface area (Å²) in [4.78, 5) is 12.3. The molecule has 3 nitrogen and oxygen atoms in total. The number of nitrogens with one attached hydrogen (secondary N) is 1. The third-order valence-corrected chi connectivity index (χ3v) is 3.43. The third-order valence-electron chi connectivity index (χ3n) is 3.00. The Bertz CT molecular complexity index is 637. The molecule has 0 atom stereocenters. The van der Waals surface area contributed by atoms with Crippen LogP contribution in [-0.4, -0.2) is 10.5 Å². The van der Waals surface area contributed by atoms with Crippen molar-refractivity contribution < 1.29 is 9.18 Å². The molecule has 5 heteroatoms. The Labute approximate surface area is 125 Å². The predicted molar refractivity (Wildman–Crippen MR) is 81.5 cm³/mol. The maximum Gasteiger partial charge on any atom is 0.272 e. The summed E-state index contributed by atoms with van der Waals surface area (Å²) in [5, 5.41) is 2.82.